The van der Waals surface area contributed by atoms with E-state index in [0.29, 0.717) is 18.7 Å². The van der Waals surface area contributed by atoms with Crippen LogP contribution in [0.5, 0.6) is 0 Å². The lowest BCUT2D eigenvalue weighted by Gasteiger charge is -2.34. The van der Waals surface area contributed by atoms with Gasteiger partial charge in [-0.05, 0) is 24.0 Å². The minimum absolute atomic E-state index is 0.00680. The van der Waals surface area contributed by atoms with E-state index >= 15 is 0 Å². The highest BCUT2D eigenvalue weighted by Crippen LogP contribution is 2.35. The minimum Gasteiger partial charge on any atom is -0.382 e. The Kier molecular flexibility index (Phi) is 3.71. The Hall–Kier alpha value is -1.68. The normalized spacial score (nSPS) is 15.2. The molecule has 102 valence electrons. The molecule has 0 aliphatic heterocycles. The van der Waals surface area contributed by atoms with Crippen LogP contribution in [0.3, 0.4) is 0 Å². The van der Waals surface area contributed by atoms with Crippen LogP contribution >= 0.6 is 0 Å². The van der Waals surface area contributed by atoms with Gasteiger partial charge in [0.15, 0.2) is 0 Å². The van der Waals surface area contributed by atoms with Gasteiger partial charge in [-0.1, -0.05) is 26.8 Å². The summed E-state index contributed by atoms with van der Waals surface area (Å²) < 4.78 is 1.89. The number of aliphatic hydroxyl groups is 1. The highest BCUT2D eigenvalue weighted by Gasteiger charge is 2.35. The van der Waals surface area contributed by atoms with Crippen molar-refractivity contribution in [3.63, 3.8) is 0 Å². The Morgan fingerprint density at radius 2 is 2.00 bits per heavy atom. The van der Waals surface area contributed by atoms with E-state index in [1.807, 2.05) is 29.0 Å². The van der Waals surface area contributed by atoms with Crippen LogP contribution < -0.4 is 0 Å². The highest BCUT2D eigenvalue weighted by atomic mass is 16.3. The minimum atomic E-state index is -0.986. The van der Waals surface area contributed by atoms with E-state index in [1.54, 1.807) is 18.7 Å². The Balaban J connectivity index is 2.32. The fourth-order valence-electron chi connectivity index (χ4n) is 2.43. The molecule has 0 saturated heterocycles. The van der Waals surface area contributed by atoms with E-state index in [1.165, 1.54) is 0 Å². The van der Waals surface area contributed by atoms with Gasteiger partial charge in [-0.3, -0.25) is 4.98 Å². The van der Waals surface area contributed by atoms with Gasteiger partial charge in [-0.2, -0.15) is 0 Å². The number of nitrogens with zero attached hydrogens (tertiary/aromatic N) is 3. The van der Waals surface area contributed by atoms with E-state index in [4.69, 9.17) is 0 Å². The average molecular weight is 259 g/mol. The smallest absolute Gasteiger partial charge is 0.125 e. The van der Waals surface area contributed by atoms with Crippen molar-refractivity contribution in [1.82, 2.24) is 14.5 Å². The number of hydrogen-bond acceptors (Lipinski definition) is 3. The maximum Gasteiger partial charge on any atom is 0.125 e. The molecule has 0 radical (unpaired) electrons. The van der Waals surface area contributed by atoms with Gasteiger partial charge in [0, 0.05) is 18.6 Å². The van der Waals surface area contributed by atoms with Crippen LogP contribution in [0.4, 0.5) is 0 Å². The molecule has 0 aromatic carbocycles. The summed E-state index contributed by atoms with van der Waals surface area (Å²) in [6, 6.07) is 5.64. The lowest BCUT2D eigenvalue weighted by Crippen LogP contribution is -2.36. The van der Waals surface area contributed by atoms with E-state index in [-0.39, 0.29) is 5.41 Å². The summed E-state index contributed by atoms with van der Waals surface area (Å²) in [5.41, 5.74) is -0.272. The molecule has 2 aromatic heterocycles. The second kappa shape index (κ2) is 5.13. The molecule has 0 aliphatic carbocycles. The summed E-state index contributed by atoms with van der Waals surface area (Å²) in [7, 11) is 0. The van der Waals surface area contributed by atoms with Crippen LogP contribution in [0.2, 0.25) is 0 Å². The molecule has 2 heterocycles. The summed E-state index contributed by atoms with van der Waals surface area (Å²) in [5, 5.41) is 11.1. The molecule has 0 bridgehead atoms. The van der Waals surface area contributed by atoms with Crippen LogP contribution in [0, 0.1) is 5.41 Å². The Morgan fingerprint density at radius 3 is 2.53 bits per heavy atom. The molecule has 19 heavy (non-hydrogen) atoms. The van der Waals surface area contributed by atoms with Crippen molar-refractivity contribution < 1.29 is 5.11 Å². The Bertz CT molecular complexity index is 502. The van der Waals surface area contributed by atoms with E-state index in [2.05, 4.69) is 30.7 Å². The molecule has 1 atom stereocenters. The van der Waals surface area contributed by atoms with E-state index < -0.39 is 5.60 Å². The third-order valence-corrected chi connectivity index (χ3v) is 2.97. The lowest BCUT2D eigenvalue weighted by molar-refractivity contribution is -0.0225. The summed E-state index contributed by atoms with van der Waals surface area (Å²) in [4.78, 5) is 8.36. The predicted octanol–water partition coefficient (Wildman–Crippen LogP) is 2.60. The standard InChI is InChI=1S/C15H21N3O/c1-14(2,3)10-15(19,11-18-9-8-16-12-18)13-6-4-5-7-17-13/h4-9,12,19H,10-11H2,1-3H3/t15-/m0/s1. The molecule has 4 heteroatoms. The van der Waals surface area contributed by atoms with E-state index in [0.717, 1.165) is 0 Å². The van der Waals surface area contributed by atoms with Crippen molar-refractivity contribution in [2.45, 2.75) is 39.3 Å². The molecule has 0 amide bonds. The van der Waals surface area contributed by atoms with Crippen molar-refractivity contribution in [1.29, 1.82) is 0 Å². The Labute approximate surface area is 114 Å². The Morgan fingerprint density at radius 1 is 1.21 bits per heavy atom. The molecular weight excluding hydrogens is 238 g/mol. The first-order valence-corrected chi connectivity index (χ1v) is 6.49. The number of aromatic nitrogens is 3. The SMILES string of the molecule is CC(C)(C)C[C@](O)(Cn1ccnc1)c1ccccn1. The average Bonchev–Trinajstić information content (AvgIpc) is 2.80. The van der Waals surface area contributed by atoms with Gasteiger partial charge in [0.2, 0.25) is 0 Å². The van der Waals surface area contributed by atoms with Gasteiger partial charge in [-0.15, -0.1) is 0 Å². The van der Waals surface area contributed by atoms with Gasteiger partial charge >= 0.3 is 0 Å². The number of rotatable bonds is 4. The fourth-order valence-corrected chi connectivity index (χ4v) is 2.43. The second-order valence-electron chi connectivity index (χ2n) is 6.22. The van der Waals surface area contributed by atoms with Crippen LogP contribution in [0.1, 0.15) is 32.9 Å². The monoisotopic (exact) mass is 259 g/mol. The van der Waals surface area contributed by atoms with Crippen molar-refractivity contribution in [3.8, 4) is 0 Å². The van der Waals surface area contributed by atoms with Gasteiger partial charge in [0.1, 0.15) is 5.60 Å². The van der Waals surface area contributed by atoms with Crippen molar-refractivity contribution >= 4 is 0 Å². The molecule has 2 aromatic rings. The number of imidazole rings is 1. The quantitative estimate of drug-likeness (QED) is 0.918. The molecule has 0 aliphatic rings. The first-order chi connectivity index (χ1) is 8.89. The van der Waals surface area contributed by atoms with Gasteiger partial charge < -0.3 is 9.67 Å². The molecule has 0 spiro atoms. The van der Waals surface area contributed by atoms with Crippen molar-refractivity contribution in [2.75, 3.05) is 0 Å². The summed E-state index contributed by atoms with van der Waals surface area (Å²) in [6.45, 7) is 6.82. The van der Waals surface area contributed by atoms with Crippen molar-refractivity contribution in [2.24, 2.45) is 5.41 Å². The van der Waals surface area contributed by atoms with Gasteiger partial charge in [0.25, 0.3) is 0 Å². The third kappa shape index (κ3) is 3.64. The van der Waals surface area contributed by atoms with Crippen LogP contribution in [0.25, 0.3) is 0 Å². The molecule has 0 unspecified atom stereocenters. The maximum absolute atomic E-state index is 11.1. The predicted molar refractivity (Wildman–Crippen MR) is 74.4 cm³/mol. The topological polar surface area (TPSA) is 50.9 Å². The number of hydrogen-bond donors (Lipinski definition) is 1. The molecular formula is C15H21N3O. The van der Waals surface area contributed by atoms with Crippen LogP contribution in [-0.2, 0) is 12.1 Å². The first kappa shape index (κ1) is 13.7. The zero-order chi connectivity index (χ0) is 13.9. The van der Waals surface area contributed by atoms with Crippen LogP contribution in [0.15, 0.2) is 43.1 Å². The molecule has 4 nitrogen and oxygen atoms in total. The first-order valence-electron chi connectivity index (χ1n) is 6.49. The highest BCUT2D eigenvalue weighted by molar-refractivity contribution is 5.13. The third-order valence-electron chi connectivity index (χ3n) is 2.97. The van der Waals surface area contributed by atoms with Gasteiger partial charge in [-0.25, -0.2) is 4.98 Å². The largest absolute Gasteiger partial charge is 0.382 e. The second-order valence-corrected chi connectivity index (χ2v) is 6.22. The number of pyridine rings is 1. The maximum atomic E-state index is 11.1. The zero-order valence-corrected chi connectivity index (χ0v) is 11.7. The molecule has 1 N–H and O–H groups in total. The fraction of sp³-hybridized carbons (Fsp3) is 0.467. The van der Waals surface area contributed by atoms with Crippen LogP contribution in [-0.4, -0.2) is 19.6 Å². The van der Waals surface area contributed by atoms with Gasteiger partial charge in [0.05, 0.1) is 18.6 Å². The summed E-state index contributed by atoms with van der Waals surface area (Å²) in [5.74, 6) is 0. The van der Waals surface area contributed by atoms with Crippen molar-refractivity contribution in [3.05, 3.63) is 48.8 Å². The lowest BCUT2D eigenvalue weighted by atomic mass is 9.80. The molecule has 0 fully saturated rings. The van der Waals surface area contributed by atoms with E-state index in [9.17, 15) is 5.11 Å². The molecule has 0 saturated carbocycles. The molecule has 2 rings (SSSR count). The zero-order valence-electron chi connectivity index (χ0n) is 11.7. The summed E-state index contributed by atoms with van der Waals surface area (Å²) >= 11 is 0. The summed E-state index contributed by atoms with van der Waals surface area (Å²) in [6.07, 6.45) is 7.65.